The summed E-state index contributed by atoms with van der Waals surface area (Å²) in [6.45, 7) is 9.79. The van der Waals surface area contributed by atoms with E-state index in [-0.39, 0.29) is 5.41 Å². The lowest BCUT2D eigenvalue weighted by Crippen LogP contribution is -2.36. The number of allylic oxidation sites excluding steroid dienone is 1. The highest BCUT2D eigenvalue weighted by molar-refractivity contribution is 9.10. The molecule has 0 aliphatic heterocycles. The Balaban J connectivity index is 2.25. The molecule has 2 aromatic rings. The average Bonchev–Trinajstić information content (AvgIpc) is 2.61. The molecule has 2 aromatic carbocycles. The maximum Gasteiger partial charge on any atom is 0.0373 e. The smallest absolute Gasteiger partial charge is 0.0373 e. The molecule has 0 radical (unpaired) electrons. The van der Waals surface area contributed by atoms with Crippen molar-refractivity contribution in [2.45, 2.75) is 46.0 Å². The molecule has 2 rings (SSSR count). The first-order valence-electron chi connectivity index (χ1n) is 8.78. The van der Waals surface area contributed by atoms with Crippen LogP contribution in [-0.2, 0) is 5.41 Å². The van der Waals surface area contributed by atoms with Crippen LogP contribution in [-0.4, -0.2) is 6.54 Å². The first kappa shape index (κ1) is 18.8. The molecular formula is C22H28BrN. The molecule has 0 aliphatic rings. The Morgan fingerprint density at radius 1 is 1.04 bits per heavy atom. The van der Waals surface area contributed by atoms with Crippen LogP contribution in [0.15, 0.2) is 59.1 Å². The Hall–Kier alpha value is -1.54. The molecule has 0 atom stereocenters. The zero-order chi connectivity index (χ0) is 17.6. The molecule has 0 heterocycles. The predicted octanol–water partition coefficient (Wildman–Crippen LogP) is 6.47. The fourth-order valence-electron chi connectivity index (χ4n) is 3.31. The van der Waals surface area contributed by atoms with E-state index in [1.54, 1.807) is 0 Å². The van der Waals surface area contributed by atoms with Gasteiger partial charge in [0, 0.05) is 27.7 Å². The van der Waals surface area contributed by atoms with Gasteiger partial charge in [-0.05, 0) is 49.9 Å². The molecule has 0 bridgehead atoms. The lowest BCUT2D eigenvalue weighted by Gasteiger charge is -2.34. The van der Waals surface area contributed by atoms with Crippen molar-refractivity contribution in [3.8, 4) is 0 Å². The summed E-state index contributed by atoms with van der Waals surface area (Å²) in [5.41, 5.74) is 5.37. The maximum atomic E-state index is 3.73. The van der Waals surface area contributed by atoms with Gasteiger partial charge >= 0.3 is 0 Å². The van der Waals surface area contributed by atoms with E-state index in [1.807, 2.05) is 0 Å². The van der Waals surface area contributed by atoms with Crippen molar-refractivity contribution in [1.29, 1.82) is 0 Å². The van der Waals surface area contributed by atoms with Crippen LogP contribution in [0, 0.1) is 6.92 Å². The molecule has 1 N–H and O–H groups in total. The molecular weight excluding hydrogens is 358 g/mol. The van der Waals surface area contributed by atoms with E-state index >= 15 is 0 Å². The number of aryl methyl sites for hydroxylation is 1. The SMILES string of the molecule is C/C=C(/NCC(CC)(CC)c1ccc(Br)cc1)c1ccccc1C. The molecule has 0 amide bonds. The van der Waals surface area contributed by atoms with Gasteiger partial charge in [-0.25, -0.2) is 0 Å². The number of hydrogen-bond donors (Lipinski definition) is 1. The summed E-state index contributed by atoms with van der Waals surface area (Å²) in [6.07, 6.45) is 4.41. The Morgan fingerprint density at radius 2 is 1.67 bits per heavy atom. The number of halogens is 1. The minimum Gasteiger partial charge on any atom is -0.384 e. The minimum atomic E-state index is 0.150. The van der Waals surface area contributed by atoms with Crippen LogP contribution < -0.4 is 5.32 Å². The van der Waals surface area contributed by atoms with Crippen LogP contribution in [0.25, 0.3) is 5.70 Å². The van der Waals surface area contributed by atoms with Gasteiger partial charge in [0.25, 0.3) is 0 Å². The number of rotatable bonds is 7. The first-order chi connectivity index (χ1) is 11.6. The molecule has 0 spiro atoms. The fraction of sp³-hybridized carbons (Fsp3) is 0.364. The number of nitrogens with one attached hydrogen (secondary N) is 1. The Morgan fingerprint density at radius 3 is 2.21 bits per heavy atom. The zero-order valence-electron chi connectivity index (χ0n) is 15.2. The summed E-state index contributed by atoms with van der Waals surface area (Å²) in [5.74, 6) is 0. The predicted molar refractivity (Wildman–Crippen MR) is 109 cm³/mol. The molecule has 1 nitrogen and oxygen atoms in total. The van der Waals surface area contributed by atoms with Gasteiger partial charge in [0.2, 0.25) is 0 Å². The molecule has 0 unspecified atom stereocenters. The summed E-state index contributed by atoms with van der Waals surface area (Å²) >= 11 is 3.54. The molecule has 0 aromatic heterocycles. The molecule has 0 saturated heterocycles. The third kappa shape index (κ3) is 4.10. The Kier molecular flexibility index (Phi) is 6.68. The first-order valence-corrected chi connectivity index (χ1v) is 9.58. The topological polar surface area (TPSA) is 12.0 Å². The van der Waals surface area contributed by atoms with Crippen molar-refractivity contribution in [2.24, 2.45) is 0 Å². The fourth-order valence-corrected chi connectivity index (χ4v) is 3.57. The van der Waals surface area contributed by atoms with E-state index in [2.05, 4.69) is 104 Å². The summed E-state index contributed by atoms with van der Waals surface area (Å²) in [6, 6.07) is 17.4. The molecule has 0 aliphatic carbocycles. The van der Waals surface area contributed by atoms with Crippen LogP contribution in [0.2, 0.25) is 0 Å². The molecule has 0 saturated carbocycles. The van der Waals surface area contributed by atoms with Gasteiger partial charge in [-0.1, -0.05) is 72.3 Å². The second-order valence-electron chi connectivity index (χ2n) is 6.37. The summed E-state index contributed by atoms with van der Waals surface area (Å²) in [7, 11) is 0. The van der Waals surface area contributed by atoms with Crippen molar-refractivity contribution in [3.05, 3.63) is 75.8 Å². The second kappa shape index (κ2) is 8.53. The van der Waals surface area contributed by atoms with Gasteiger partial charge in [0.05, 0.1) is 0 Å². The van der Waals surface area contributed by atoms with E-state index in [1.165, 1.54) is 22.4 Å². The van der Waals surface area contributed by atoms with Crippen LogP contribution in [0.1, 0.15) is 50.3 Å². The van der Waals surface area contributed by atoms with Crippen molar-refractivity contribution in [1.82, 2.24) is 5.32 Å². The van der Waals surface area contributed by atoms with Gasteiger partial charge < -0.3 is 5.32 Å². The van der Waals surface area contributed by atoms with Gasteiger partial charge in [0.15, 0.2) is 0 Å². The standard InChI is InChI=1S/C22H28BrN/c1-5-21(20-11-9-8-10-17(20)4)24-16-22(6-2,7-3)18-12-14-19(23)15-13-18/h5,8-15,24H,6-7,16H2,1-4H3/b21-5+. The maximum absolute atomic E-state index is 3.73. The highest BCUT2D eigenvalue weighted by Crippen LogP contribution is 2.32. The van der Waals surface area contributed by atoms with Crippen molar-refractivity contribution < 1.29 is 0 Å². The van der Waals surface area contributed by atoms with Gasteiger partial charge in [0.1, 0.15) is 0 Å². The lowest BCUT2D eigenvalue weighted by atomic mass is 9.75. The third-order valence-electron chi connectivity index (χ3n) is 5.15. The Bertz CT molecular complexity index is 681. The minimum absolute atomic E-state index is 0.150. The monoisotopic (exact) mass is 385 g/mol. The van der Waals surface area contributed by atoms with Gasteiger partial charge in [-0.2, -0.15) is 0 Å². The normalized spacial score (nSPS) is 12.3. The van der Waals surface area contributed by atoms with Crippen LogP contribution in [0.5, 0.6) is 0 Å². The quantitative estimate of drug-likeness (QED) is 0.575. The van der Waals surface area contributed by atoms with E-state index in [4.69, 9.17) is 0 Å². The summed E-state index contributed by atoms with van der Waals surface area (Å²) < 4.78 is 1.13. The van der Waals surface area contributed by atoms with E-state index in [0.29, 0.717) is 0 Å². The van der Waals surface area contributed by atoms with E-state index < -0.39 is 0 Å². The van der Waals surface area contributed by atoms with Crippen molar-refractivity contribution >= 4 is 21.6 Å². The highest BCUT2D eigenvalue weighted by atomic mass is 79.9. The lowest BCUT2D eigenvalue weighted by molar-refractivity contribution is 0.389. The summed E-state index contributed by atoms with van der Waals surface area (Å²) in [4.78, 5) is 0. The number of benzene rings is 2. The van der Waals surface area contributed by atoms with Crippen molar-refractivity contribution in [2.75, 3.05) is 6.54 Å². The Labute approximate surface area is 155 Å². The van der Waals surface area contributed by atoms with Gasteiger partial charge in [-0.3, -0.25) is 0 Å². The zero-order valence-corrected chi connectivity index (χ0v) is 16.8. The summed E-state index contributed by atoms with van der Waals surface area (Å²) in [5, 5.41) is 3.73. The third-order valence-corrected chi connectivity index (χ3v) is 5.68. The van der Waals surface area contributed by atoms with Crippen LogP contribution in [0.4, 0.5) is 0 Å². The van der Waals surface area contributed by atoms with Crippen molar-refractivity contribution in [3.63, 3.8) is 0 Å². The molecule has 24 heavy (non-hydrogen) atoms. The number of hydrogen-bond acceptors (Lipinski definition) is 1. The van der Waals surface area contributed by atoms with E-state index in [0.717, 1.165) is 23.9 Å². The molecule has 128 valence electrons. The van der Waals surface area contributed by atoms with Crippen LogP contribution >= 0.6 is 15.9 Å². The highest BCUT2D eigenvalue weighted by Gasteiger charge is 2.28. The molecule has 0 fully saturated rings. The molecule has 2 heteroatoms. The van der Waals surface area contributed by atoms with Gasteiger partial charge in [-0.15, -0.1) is 0 Å². The van der Waals surface area contributed by atoms with E-state index in [9.17, 15) is 0 Å². The average molecular weight is 386 g/mol. The largest absolute Gasteiger partial charge is 0.384 e. The second-order valence-corrected chi connectivity index (χ2v) is 7.28. The van der Waals surface area contributed by atoms with Crippen LogP contribution in [0.3, 0.4) is 0 Å².